The molecule has 3 rings (SSSR count). The minimum absolute atomic E-state index is 0.484. The van der Waals surface area contributed by atoms with Gasteiger partial charge >= 0.3 is 0 Å². The fourth-order valence-electron chi connectivity index (χ4n) is 2.86. The van der Waals surface area contributed by atoms with Crippen LogP contribution in [0.25, 0.3) is 0 Å². The van der Waals surface area contributed by atoms with Crippen molar-refractivity contribution >= 4 is 0 Å². The number of benzene rings is 1. The molecule has 0 saturated carbocycles. The number of nitrogens with zero attached hydrogens (tertiary/aromatic N) is 1. The Balaban J connectivity index is 1.94. The van der Waals surface area contributed by atoms with Crippen LogP contribution in [0.2, 0.25) is 0 Å². The Morgan fingerprint density at radius 1 is 1.28 bits per heavy atom. The average molecular weight is 238 g/mol. The van der Waals surface area contributed by atoms with Gasteiger partial charge in [-0.05, 0) is 42.6 Å². The molecule has 1 unspecified atom stereocenters. The number of hydrogen-bond donors (Lipinski definition) is 1. The summed E-state index contributed by atoms with van der Waals surface area (Å²) in [6.07, 6.45) is 4.26. The van der Waals surface area contributed by atoms with Crippen LogP contribution in [0, 0.1) is 0 Å². The molecule has 1 atom stereocenters. The minimum Gasteiger partial charge on any atom is -0.316 e. The van der Waals surface area contributed by atoms with Crippen LogP contribution in [-0.4, -0.2) is 12.0 Å². The van der Waals surface area contributed by atoms with Gasteiger partial charge in [-0.25, -0.2) is 0 Å². The molecule has 1 N–H and O–H groups in total. The molecule has 0 fully saturated rings. The van der Waals surface area contributed by atoms with Gasteiger partial charge in [0.05, 0.1) is 5.69 Å². The molecule has 2 nitrogen and oxygen atoms in total. The van der Waals surface area contributed by atoms with Crippen LogP contribution in [0.5, 0.6) is 0 Å². The highest BCUT2D eigenvalue weighted by molar-refractivity contribution is 5.39. The standard InChI is InChI=1S/C16H18N2/c1-17-11-12-4-2-5-14(10-12)15-8-7-13-6-3-9-18-16(13)15/h2-6,9-10,15,17H,7-8,11H2,1H3. The van der Waals surface area contributed by atoms with Crippen LogP contribution >= 0.6 is 0 Å². The summed E-state index contributed by atoms with van der Waals surface area (Å²) in [5.74, 6) is 0.484. The first kappa shape index (κ1) is 11.4. The van der Waals surface area contributed by atoms with Gasteiger partial charge in [-0.1, -0.05) is 30.3 Å². The van der Waals surface area contributed by atoms with E-state index in [1.807, 2.05) is 19.3 Å². The van der Waals surface area contributed by atoms with Crippen molar-refractivity contribution in [3.05, 3.63) is 65.0 Å². The predicted molar refractivity (Wildman–Crippen MR) is 73.6 cm³/mol. The van der Waals surface area contributed by atoms with Crippen molar-refractivity contribution in [2.75, 3.05) is 7.05 Å². The van der Waals surface area contributed by atoms with Crippen LogP contribution in [0.3, 0.4) is 0 Å². The molecule has 92 valence electrons. The van der Waals surface area contributed by atoms with E-state index in [1.165, 1.54) is 28.8 Å². The molecule has 1 heterocycles. The summed E-state index contributed by atoms with van der Waals surface area (Å²) < 4.78 is 0. The highest BCUT2D eigenvalue weighted by Gasteiger charge is 2.24. The summed E-state index contributed by atoms with van der Waals surface area (Å²) in [6.45, 7) is 0.926. The molecule has 0 saturated heterocycles. The second-order valence-electron chi connectivity index (χ2n) is 4.91. The molecule has 0 amide bonds. The van der Waals surface area contributed by atoms with Gasteiger partial charge in [0, 0.05) is 18.7 Å². The average Bonchev–Trinajstić information content (AvgIpc) is 2.83. The van der Waals surface area contributed by atoms with Crippen LogP contribution in [0.4, 0.5) is 0 Å². The summed E-state index contributed by atoms with van der Waals surface area (Å²) in [5.41, 5.74) is 5.44. The molecule has 1 aromatic heterocycles. The molecule has 0 spiro atoms. The molecule has 0 radical (unpaired) electrons. The van der Waals surface area contributed by atoms with Crippen LogP contribution < -0.4 is 5.32 Å². The molecular weight excluding hydrogens is 220 g/mol. The molecule has 2 aromatic rings. The Morgan fingerprint density at radius 2 is 2.22 bits per heavy atom. The number of aromatic nitrogens is 1. The van der Waals surface area contributed by atoms with Crippen molar-refractivity contribution in [3.63, 3.8) is 0 Å². The summed E-state index contributed by atoms with van der Waals surface area (Å²) in [7, 11) is 1.99. The molecule has 1 aromatic carbocycles. The van der Waals surface area contributed by atoms with Gasteiger partial charge in [0.1, 0.15) is 0 Å². The van der Waals surface area contributed by atoms with Gasteiger partial charge in [-0.2, -0.15) is 0 Å². The molecule has 1 aliphatic carbocycles. The highest BCUT2D eigenvalue weighted by Crippen LogP contribution is 2.36. The van der Waals surface area contributed by atoms with E-state index >= 15 is 0 Å². The lowest BCUT2D eigenvalue weighted by molar-refractivity contribution is 0.764. The molecule has 0 bridgehead atoms. The van der Waals surface area contributed by atoms with Crippen molar-refractivity contribution in [2.24, 2.45) is 0 Å². The monoisotopic (exact) mass is 238 g/mol. The largest absolute Gasteiger partial charge is 0.316 e. The summed E-state index contributed by atoms with van der Waals surface area (Å²) in [4.78, 5) is 4.58. The third-order valence-electron chi connectivity index (χ3n) is 3.69. The number of hydrogen-bond acceptors (Lipinski definition) is 2. The van der Waals surface area contributed by atoms with Crippen molar-refractivity contribution in [1.82, 2.24) is 10.3 Å². The van der Waals surface area contributed by atoms with E-state index in [2.05, 4.69) is 40.6 Å². The molecule has 18 heavy (non-hydrogen) atoms. The second kappa shape index (κ2) is 4.91. The first-order chi connectivity index (χ1) is 8.88. The zero-order valence-electron chi connectivity index (χ0n) is 10.7. The lowest BCUT2D eigenvalue weighted by Gasteiger charge is -2.12. The zero-order valence-corrected chi connectivity index (χ0v) is 10.7. The van der Waals surface area contributed by atoms with E-state index < -0.39 is 0 Å². The Hall–Kier alpha value is -1.67. The Kier molecular flexibility index (Phi) is 3.11. The Morgan fingerprint density at radius 3 is 3.11 bits per heavy atom. The molecule has 2 heteroatoms. The third kappa shape index (κ3) is 2.04. The first-order valence-electron chi connectivity index (χ1n) is 6.55. The lowest BCUT2D eigenvalue weighted by Crippen LogP contribution is -2.06. The maximum atomic E-state index is 4.58. The third-order valence-corrected chi connectivity index (χ3v) is 3.69. The molecular formula is C16H18N2. The van der Waals surface area contributed by atoms with Gasteiger partial charge in [0.2, 0.25) is 0 Å². The van der Waals surface area contributed by atoms with E-state index in [4.69, 9.17) is 0 Å². The fraction of sp³-hybridized carbons (Fsp3) is 0.312. The summed E-state index contributed by atoms with van der Waals surface area (Å²) in [6, 6.07) is 13.1. The zero-order chi connectivity index (χ0) is 12.4. The van der Waals surface area contributed by atoms with E-state index in [0.29, 0.717) is 5.92 Å². The maximum Gasteiger partial charge on any atom is 0.0510 e. The predicted octanol–water partition coefficient (Wildman–Crippen LogP) is 2.88. The Bertz CT molecular complexity index is 548. The van der Waals surface area contributed by atoms with Gasteiger partial charge in [0.25, 0.3) is 0 Å². The van der Waals surface area contributed by atoms with Gasteiger partial charge in [-0.3, -0.25) is 4.98 Å². The smallest absolute Gasteiger partial charge is 0.0510 e. The topological polar surface area (TPSA) is 24.9 Å². The highest BCUT2D eigenvalue weighted by atomic mass is 14.8. The number of rotatable bonds is 3. The quantitative estimate of drug-likeness (QED) is 0.889. The first-order valence-corrected chi connectivity index (χ1v) is 6.55. The van der Waals surface area contributed by atoms with E-state index in [1.54, 1.807) is 0 Å². The fourth-order valence-corrected chi connectivity index (χ4v) is 2.86. The van der Waals surface area contributed by atoms with E-state index in [9.17, 15) is 0 Å². The number of fused-ring (bicyclic) bond motifs is 1. The normalized spacial score (nSPS) is 17.7. The van der Waals surface area contributed by atoms with Gasteiger partial charge in [0.15, 0.2) is 0 Å². The van der Waals surface area contributed by atoms with Gasteiger partial charge < -0.3 is 5.32 Å². The van der Waals surface area contributed by atoms with Crippen LogP contribution in [0.15, 0.2) is 42.6 Å². The number of pyridine rings is 1. The minimum atomic E-state index is 0.484. The number of nitrogens with one attached hydrogen (secondary N) is 1. The SMILES string of the molecule is CNCc1cccc(C2CCc3cccnc32)c1. The van der Waals surface area contributed by atoms with Crippen molar-refractivity contribution in [2.45, 2.75) is 25.3 Å². The summed E-state index contributed by atoms with van der Waals surface area (Å²) >= 11 is 0. The van der Waals surface area contributed by atoms with Gasteiger partial charge in [-0.15, -0.1) is 0 Å². The van der Waals surface area contributed by atoms with E-state index in [-0.39, 0.29) is 0 Å². The lowest BCUT2D eigenvalue weighted by atomic mass is 9.95. The molecule has 0 aliphatic heterocycles. The maximum absolute atomic E-state index is 4.58. The second-order valence-corrected chi connectivity index (χ2v) is 4.91. The summed E-state index contributed by atoms with van der Waals surface area (Å²) in [5, 5.41) is 3.21. The van der Waals surface area contributed by atoms with Crippen molar-refractivity contribution in [3.8, 4) is 0 Å². The van der Waals surface area contributed by atoms with Crippen molar-refractivity contribution in [1.29, 1.82) is 0 Å². The van der Waals surface area contributed by atoms with Crippen LogP contribution in [0.1, 0.15) is 34.7 Å². The molecule has 1 aliphatic rings. The van der Waals surface area contributed by atoms with E-state index in [0.717, 1.165) is 13.0 Å². The number of aryl methyl sites for hydroxylation is 1. The van der Waals surface area contributed by atoms with Crippen molar-refractivity contribution < 1.29 is 0 Å². The van der Waals surface area contributed by atoms with Crippen LogP contribution in [-0.2, 0) is 13.0 Å². The Labute approximate surface area is 108 Å².